The first kappa shape index (κ1) is 12.5. The predicted molar refractivity (Wildman–Crippen MR) is 62.7 cm³/mol. The highest BCUT2D eigenvalue weighted by atomic mass is 32.2. The van der Waals surface area contributed by atoms with Crippen molar-refractivity contribution in [2.45, 2.75) is 48.5 Å². The molecule has 2 amide bonds. The molecule has 0 saturated carbocycles. The zero-order valence-electron chi connectivity index (χ0n) is 9.26. The molecule has 4 atom stereocenters. The summed E-state index contributed by atoms with van der Waals surface area (Å²) < 4.78 is 0. The summed E-state index contributed by atoms with van der Waals surface area (Å²) in [5.74, 6) is -0.780. The number of aliphatic hydroxyl groups is 1. The van der Waals surface area contributed by atoms with Crippen LogP contribution in [0.1, 0.15) is 25.7 Å². The van der Waals surface area contributed by atoms with Crippen molar-refractivity contribution in [2.75, 3.05) is 0 Å². The third kappa shape index (κ3) is 2.84. The van der Waals surface area contributed by atoms with Crippen LogP contribution < -0.4 is 10.6 Å². The highest BCUT2D eigenvalue weighted by Crippen LogP contribution is 2.37. The Balaban J connectivity index is 1.78. The van der Waals surface area contributed by atoms with E-state index in [-0.39, 0.29) is 29.8 Å². The fourth-order valence-corrected chi connectivity index (χ4v) is 3.79. The quantitative estimate of drug-likeness (QED) is 0.415. The molecule has 0 spiro atoms. The third-order valence-corrected chi connectivity index (χ3v) is 4.58. The van der Waals surface area contributed by atoms with Gasteiger partial charge >= 0.3 is 12.0 Å². The maximum absolute atomic E-state index is 11.1. The number of fused-ring (bicyclic) bond motifs is 1. The zero-order valence-corrected chi connectivity index (χ0v) is 10.1. The van der Waals surface area contributed by atoms with Crippen molar-refractivity contribution in [3.63, 3.8) is 0 Å². The summed E-state index contributed by atoms with van der Waals surface area (Å²) in [6.45, 7) is 0. The normalized spacial score (nSPS) is 35.2. The number of aliphatic carboxylic acids is 1. The maximum Gasteiger partial charge on any atom is 0.315 e. The minimum Gasteiger partial charge on any atom is -0.481 e. The average Bonchev–Trinajstić information content (AvgIpc) is 2.74. The molecule has 2 saturated heterocycles. The van der Waals surface area contributed by atoms with E-state index >= 15 is 0 Å². The molecule has 2 fully saturated rings. The highest BCUT2D eigenvalue weighted by Gasteiger charge is 2.48. The molecular weight excluding hydrogens is 244 g/mol. The van der Waals surface area contributed by atoms with Gasteiger partial charge in [-0.25, -0.2) is 4.79 Å². The van der Waals surface area contributed by atoms with Crippen molar-refractivity contribution in [3.8, 4) is 0 Å². The second kappa shape index (κ2) is 5.14. The number of carbonyl (C=O) groups is 2. The molecule has 4 N–H and O–H groups in total. The second-order valence-electron chi connectivity index (χ2n) is 4.37. The van der Waals surface area contributed by atoms with E-state index in [9.17, 15) is 14.7 Å². The Kier molecular flexibility index (Phi) is 3.78. The summed E-state index contributed by atoms with van der Waals surface area (Å²) >= 11 is 1.45. The van der Waals surface area contributed by atoms with Crippen LogP contribution in [-0.2, 0) is 4.79 Å². The molecular formula is C10H16N2O4S. The molecule has 0 bridgehead atoms. The van der Waals surface area contributed by atoms with Gasteiger partial charge in [-0.1, -0.05) is 6.42 Å². The molecule has 0 radical (unpaired) electrons. The van der Waals surface area contributed by atoms with Gasteiger partial charge in [-0.05, 0) is 12.8 Å². The largest absolute Gasteiger partial charge is 0.481 e. The van der Waals surface area contributed by atoms with Crippen molar-refractivity contribution in [1.82, 2.24) is 10.6 Å². The van der Waals surface area contributed by atoms with E-state index in [1.165, 1.54) is 11.8 Å². The predicted octanol–water partition coefficient (Wildman–Crippen LogP) is 0.115. The van der Waals surface area contributed by atoms with E-state index < -0.39 is 11.4 Å². The van der Waals surface area contributed by atoms with Crippen molar-refractivity contribution < 1.29 is 19.8 Å². The van der Waals surface area contributed by atoms with Crippen LogP contribution in [0, 0.1) is 0 Å². The summed E-state index contributed by atoms with van der Waals surface area (Å²) in [4.78, 5) is 21.5. The van der Waals surface area contributed by atoms with Gasteiger partial charge in [0.2, 0.25) is 0 Å². The molecule has 1 unspecified atom stereocenters. The smallest absolute Gasteiger partial charge is 0.315 e. The van der Waals surface area contributed by atoms with Crippen LogP contribution in [0.3, 0.4) is 0 Å². The van der Waals surface area contributed by atoms with E-state index in [0.717, 1.165) is 12.8 Å². The molecule has 0 aromatic carbocycles. The van der Waals surface area contributed by atoms with Gasteiger partial charge in [0.15, 0.2) is 0 Å². The molecule has 0 aromatic rings. The number of unbranched alkanes of at least 4 members (excludes halogenated alkanes) is 1. The van der Waals surface area contributed by atoms with Gasteiger partial charge < -0.3 is 20.8 Å². The number of aliphatic hydroxyl groups excluding tert-OH is 1. The first-order chi connectivity index (χ1) is 8.08. The van der Waals surface area contributed by atoms with Gasteiger partial charge in [-0.2, -0.15) is 0 Å². The lowest BCUT2D eigenvalue weighted by Crippen LogP contribution is -2.39. The summed E-state index contributed by atoms with van der Waals surface area (Å²) in [6, 6.07) is -0.473. The Bertz CT molecular complexity index is 325. The lowest BCUT2D eigenvalue weighted by atomic mass is 10.0. The van der Waals surface area contributed by atoms with Crippen molar-refractivity contribution >= 4 is 23.8 Å². The van der Waals surface area contributed by atoms with Crippen LogP contribution >= 0.6 is 11.8 Å². The Labute approximate surface area is 103 Å². The minimum atomic E-state index is -0.780. The second-order valence-corrected chi connectivity index (χ2v) is 5.73. The summed E-state index contributed by atoms with van der Waals surface area (Å²) in [7, 11) is 0. The molecule has 6 nitrogen and oxygen atoms in total. The molecule has 2 aliphatic heterocycles. The van der Waals surface area contributed by atoms with Crippen molar-refractivity contribution in [3.05, 3.63) is 0 Å². The number of nitrogens with one attached hydrogen (secondary N) is 2. The molecule has 0 aromatic heterocycles. The van der Waals surface area contributed by atoms with Gasteiger partial charge in [0, 0.05) is 11.7 Å². The number of thioether (sulfide) groups is 1. The molecule has 17 heavy (non-hydrogen) atoms. The lowest BCUT2D eigenvalue weighted by Gasteiger charge is -2.15. The standard InChI is InChI=1S/C10H16N2O4S/c13-6(14)4-2-1-3-5-7-8(9(15)17-5)12-10(16)11-7/h5,7-9,15H,1-4H2,(H,13,14)(H2,11,12,16)/t5-,7+,8+,9?/m0/s1. The van der Waals surface area contributed by atoms with Gasteiger partial charge in [0.05, 0.1) is 12.1 Å². The van der Waals surface area contributed by atoms with Crippen LogP contribution in [0.5, 0.6) is 0 Å². The molecule has 0 aliphatic carbocycles. The van der Waals surface area contributed by atoms with Crippen LogP contribution in [-0.4, -0.2) is 45.0 Å². The number of urea groups is 1. The Morgan fingerprint density at radius 1 is 1.29 bits per heavy atom. The minimum absolute atomic E-state index is 0.0349. The van der Waals surface area contributed by atoms with Gasteiger partial charge in [0.1, 0.15) is 5.44 Å². The van der Waals surface area contributed by atoms with Crippen molar-refractivity contribution in [2.24, 2.45) is 0 Å². The number of carbonyl (C=O) groups excluding carboxylic acids is 1. The molecule has 2 rings (SSSR count). The molecule has 7 heteroatoms. The van der Waals surface area contributed by atoms with E-state index in [4.69, 9.17) is 5.11 Å². The maximum atomic E-state index is 11.1. The lowest BCUT2D eigenvalue weighted by molar-refractivity contribution is -0.137. The number of carboxylic acid groups (broad SMARTS) is 1. The Morgan fingerprint density at radius 3 is 2.71 bits per heavy atom. The summed E-state index contributed by atoms with van der Waals surface area (Å²) in [5.41, 5.74) is -0.566. The van der Waals surface area contributed by atoms with Crippen LogP contribution in [0.15, 0.2) is 0 Å². The zero-order chi connectivity index (χ0) is 12.4. The van der Waals surface area contributed by atoms with E-state index in [2.05, 4.69) is 10.6 Å². The van der Waals surface area contributed by atoms with Crippen LogP contribution in [0.25, 0.3) is 0 Å². The van der Waals surface area contributed by atoms with Crippen LogP contribution in [0.4, 0.5) is 4.79 Å². The first-order valence-corrected chi connectivity index (χ1v) is 6.64. The topological polar surface area (TPSA) is 98.7 Å². The number of rotatable bonds is 5. The SMILES string of the molecule is O=C(O)CCCC[C@@H]1SC(O)[C@@H]2NC(=O)N[C@H]12. The Hall–Kier alpha value is -0.950. The van der Waals surface area contributed by atoms with E-state index in [1.54, 1.807) is 0 Å². The van der Waals surface area contributed by atoms with E-state index in [1.807, 2.05) is 0 Å². The van der Waals surface area contributed by atoms with Crippen LogP contribution in [0.2, 0.25) is 0 Å². The highest BCUT2D eigenvalue weighted by molar-refractivity contribution is 8.00. The van der Waals surface area contributed by atoms with Crippen molar-refractivity contribution in [1.29, 1.82) is 0 Å². The van der Waals surface area contributed by atoms with Gasteiger partial charge in [-0.3, -0.25) is 4.79 Å². The number of amides is 2. The molecule has 2 heterocycles. The first-order valence-electron chi connectivity index (χ1n) is 5.70. The van der Waals surface area contributed by atoms with Gasteiger partial charge in [-0.15, -0.1) is 11.8 Å². The number of hydrogen-bond acceptors (Lipinski definition) is 4. The number of carboxylic acids is 1. The molecule has 96 valence electrons. The summed E-state index contributed by atoms with van der Waals surface area (Å²) in [5, 5.41) is 23.9. The van der Waals surface area contributed by atoms with E-state index in [0.29, 0.717) is 6.42 Å². The summed E-state index contributed by atoms with van der Waals surface area (Å²) in [6.07, 6.45) is 2.44. The fourth-order valence-electron chi connectivity index (χ4n) is 2.31. The average molecular weight is 260 g/mol. The van der Waals surface area contributed by atoms with Gasteiger partial charge in [0.25, 0.3) is 0 Å². The molecule has 2 aliphatic rings. The fraction of sp³-hybridized carbons (Fsp3) is 0.800. The number of hydrogen-bond donors (Lipinski definition) is 4. The Morgan fingerprint density at radius 2 is 2.00 bits per heavy atom. The third-order valence-electron chi connectivity index (χ3n) is 3.13. The monoisotopic (exact) mass is 260 g/mol.